The largest absolute Gasteiger partial charge is 0.399 e. The second-order valence-corrected chi connectivity index (χ2v) is 6.33. The Kier molecular flexibility index (Phi) is 3.76. The van der Waals surface area contributed by atoms with Crippen molar-refractivity contribution in [2.45, 2.75) is 25.3 Å². The van der Waals surface area contributed by atoms with Crippen molar-refractivity contribution in [1.82, 2.24) is 4.90 Å². The van der Waals surface area contributed by atoms with E-state index in [0.29, 0.717) is 23.2 Å². The Balaban J connectivity index is 1.84. The molecule has 21 heavy (non-hydrogen) atoms. The molecule has 0 radical (unpaired) electrons. The van der Waals surface area contributed by atoms with E-state index >= 15 is 0 Å². The maximum Gasteiger partial charge on any atom is 0.250 e. The molecule has 3 rings (SSSR count). The highest BCUT2D eigenvalue weighted by atomic mass is 16.1. The SMILES string of the molecule is CN1CCCC2CN(c3ccc(N)cc3C(N)=O)CCC21. The van der Waals surface area contributed by atoms with Gasteiger partial charge in [0, 0.05) is 30.5 Å². The van der Waals surface area contributed by atoms with E-state index in [-0.39, 0.29) is 0 Å². The number of primary amides is 1. The third kappa shape index (κ3) is 2.70. The monoisotopic (exact) mass is 288 g/mol. The van der Waals surface area contributed by atoms with E-state index in [2.05, 4.69) is 16.8 Å². The van der Waals surface area contributed by atoms with Gasteiger partial charge in [-0.25, -0.2) is 0 Å². The molecule has 114 valence electrons. The van der Waals surface area contributed by atoms with Gasteiger partial charge in [0.1, 0.15) is 0 Å². The van der Waals surface area contributed by atoms with Gasteiger partial charge in [-0.05, 0) is 57.0 Å². The number of likely N-dealkylation sites (tertiary alicyclic amines) is 1. The van der Waals surface area contributed by atoms with Crippen LogP contribution in [0.2, 0.25) is 0 Å². The maximum atomic E-state index is 11.7. The highest BCUT2D eigenvalue weighted by Crippen LogP contribution is 2.33. The summed E-state index contributed by atoms with van der Waals surface area (Å²) in [6, 6.07) is 6.15. The third-order valence-electron chi connectivity index (χ3n) is 4.97. The number of benzene rings is 1. The van der Waals surface area contributed by atoms with Crippen LogP contribution in [0.4, 0.5) is 11.4 Å². The fraction of sp³-hybridized carbons (Fsp3) is 0.562. The summed E-state index contributed by atoms with van der Waals surface area (Å²) in [5.74, 6) is 0.274. The topological polar surface area (TPSA) is 75.6 Å². The highest BCUT2D eigenvalue weighted by molar-refractivity contribution is 5.99. The van der Waals surface area contributed by atoms with Gasteiger partial charge in [-0.1, -0.05) is 0 Å². The van der Waals surface area contributed by atoms with Gasteiger partial charge >= 0.3 is 0 Å². The molecule has 1 aromatic carbocycles. The normalized spacial score (nSPS) is 26.4. The zero-order valence-electron chi connectivity index (χ0n) is 12.6. The first-order chi connectivity index (χ1) is 10.1. The Hall–Kier alpha value is -1.75. The van der Waals surface area contributed by atoms with Crippen LogP contribution >= 0.6 is 0 Å². The van der Waals surface area contributed by atoms with Gasteiger partial charge in [0.15, 0.2) is 0 Å². The molecule has 1 amide bonds. The zero-order valence-corrected chi connectivity index (χ0v) is 12.6. The molecular formula is C16H24N4O. The maximum absolute atomic E-state index is 11.7. The summed E-state index contributed by atoms with van der Waals surface area (Å²) in [7, 11) is 2.23. The van der Waals surface area contributed by atoms with Gasteiger partial charge in [0.2, 0.25) is 0 Å². The summed E-state index contributed by atoms with van der Waals surface area (Å²) < 4.78 is 0. The van der Waals surface area contributed by atoms with Crippen LogP contribution in [-0.4, -0.2) is 43.5 Å². The van der Waals surface area contributed by atoms with E-state index in [0.717, 1.165) is 25.2 Å². The van der Waals surface area contributed by atoms with Gasteiger partial charge in [-0.15, -0.1) is 0 Å². The second-order valence-electron chi connectivity index (χ2n) is 6.33. The van der Waals surface area contributed by atoms with Crippen LogP contribution in [-0.2, 0) is 0 Å². The summed E-state index contributed by atoms with van der Waals surface area (Å²) in [5, 5.41) is 0. The number of hydrogen-bond acceptors (Lipinski definition) is 4. The fourth-order valence-corrected chi connectivity index (χ4v) is 3.90. The summed E-state index contributed by atoms with van der Waals surface area (Å²) in [6.07, 6.45) is 3.67. The Morgan fingerprint density at radius 1 is 1.29 bits per heavy atom. The van der Waals surface area contributed by atoms with E-state index in [1.807, 2.05) is 12.1 Å². The predicted molar refractivity (Wildman–Crippen MR) is 85.3 cm³/mol. The number of rotatable bonds is 2. The van der Waals surface area contributed by atoms with Crippen LogP contribution in [0.5, 0.6) is 0 Å². The van der Waals surface area contributed by atoms with Gasteiger partial charge in [-0.2, -0.15) is 0 Å². The van der Waals surface area contributed by atoms with Crippen molar-refractivity contribution in [2.24, 2.45) is 11.7 Å². The lowest BCUT2D eigenvalue weighted by Crippen LogP contribution is -2.53. The van der Waals surface area contributed by atoms with E-state index in [4.69, 9.17) is 11.5 Å². The molecule has 5 heteroatoms. The average molecular weight is 288 g/mol. The van der Waals surface area contributed by atoms with Crippen LogP contribution < -0.4 is 16.4 Å². The van der Waals surface area contributed by atoms with Crippen LogP contribution in [0.3, 0.4) is 0 Å². The Morgan fingerprint density at radius 2 is 2.10 bits per heavy atom. The second kappa shape index (κ2) is 5.56. The number of nitrogens with two attached hydrogens (primary N) is 2. The Labute approximate surface area is 125 Å². The summed E-state index contributed by atoms with van der Waals surface area (Å²) in [6.45, 7) is 3.17. The smallest absolute Gasteiger partial charge is 0.250 e. The van der Waals surface area contributed by atoms with Gasteiger partial charge in [0.05, 0.1) is 5.56 Å². The molecule has 2 aliphatic heterocycles. The molecule has 2 aliphatic rings. The molecule has 0 aromatic heterocycles. The van der Waals surface area contributed by atoms with Crippen molar-refractivity contribution in [1.29, 1.82) is 0 Å². The summed E-state index contributed by atoms with van der Waals surface area (Å²) in [5.41, 5.74) is 13.4. The number of nitrogens with zero attached hydrogens (tertiary/aromatic N) is 2. The van der Waals surface area contributed by atoms with Crippen molar-refractivity contribution in [3.63, 3.8) is 0 Å². The number of carbonyl (C=O) groups is 1. The van der Waals surface area contributed by atoms with Crippen molar-refractivity contribution in [3.05, 3.63) is 23.8 Å². The average Bonchev–Trinajstić information content (AvgIpc) is 2.47. The number of amides is 1. The van der Waals surface area contributed by atoms with Crippen molar-refractivity contribution < 1.29 is 4.79 Å². The van der Waals surface area contributed by atoms with Gasteiger partial charge in [0.25, 0.3) is 5.91 Å². The van der Waals surface area contributed by atoms with Crippen molar-refractivity contribution >= 4 is 17.3 Å². The highest BCUT2D eigenvalue weighted by Gasteiger charge is 2.34. The Morgan fingerprint density at radius 3 is 2.86 bits per heavy atom. The van der Waals surface area contributed by atoms with Crippen molar-refractivity contribution in [2.75, 3.05) is 37.3 Å². The molecule has 5 nitrogen and oxygen atoms in total. The lowest BCUT2D eigenvalue weighted by Gasteiger charge is -2.47. The third-order valence-corrected chi connectivity index (χ3v) is 4.97. The van der Waals surface area contributed by atoms with Crippen molar-refractivity contribution in [3.8, 4) is 0 Å². The molecule has 0 saturated carbocycles. The van der Waals surface area contributed by atoms with Gasteiger partial charge < -0.3 is 21.3 Å². The molecule has 2 atom stereocenters. The van der Waals surface area contributed by atoms with Crippen LogP contribution in [0.1, 0.15) is 29.6 Å². The lowest BCUT2D eigenvalue weighted by atomic mass is 9.84. The predicted octanol–water partition coefficient (Wildman–Crippen LogP) is 1.29. The van der Waals surface area contributed by atoms with Crippen LogP contribution in [0.15, 0.2) is 18.2 Å². The minimum atomic E-state index is -0.403. The Bertz CT molecular complexity index is 545. The fourth-order valence-electron chi connectivity index (χ4n) is 3.90. The number of piperidine rings is 2. The minimum Gasteiger partial charge on any atom is -0.399 e. The number of anilines is 2. The first-order valence-corrected chi connectivity index (χ1v) is 7.71. The number of hydrogen-bond donors (Lipinski definition) is 2. The quantitative estimate of drug-likeness (QED) is 0.804. The molecule has 2 saturated heterocycles. The summed E-state index contributed by atoms with van der Waals surface area (Å²) >= 11 is 0. The van der Waals surface area contributed by atoms with Crippen LogP contribution in [0, 0.1) is 5.92 Å². The number of carbonyl (C=O) groups excluding carboxylic acids is 1. The van der Waals surface area contributed by atoms with E-state index in [1.54, 1.807) is 6.07 Å². The molecule has 2 unspecified atom stereocenters. The summed E-state index contributed by atoms with van der Waals surface area (Å²) in [4.78, 5) is 16.5. The molecule has 0 aliphatic carbocycles. The first kappa shape index (κ1) is 14.2. The van der Waals surface area contributed by atoms with E-state index in [9.17, 15) is 4.79 Å². The zero-order chi connectivity index (χ0) is 15.0. The molecular weight excluding hydrogens is 264 g/mol. The van der Waals surface area contributed by atoms with Gasteiger partial charge in [-0.3, -0.25) is 4.79 Å². The van der Waals surface area contributed by atoms with Crippen LogP contribution in [0.25, 0.3) is 0 Å². The molecule has 0 bridgehead atoms. The standard InChI is InChI=1S/C16H24N4O/c1-19-7-2-3-11-10-20(8-6-14(11)19)15-5-4-12(17)9-13(15)16(18)21/h4-5,9,11,14H,2-3,6-8,10,17H2,1H3,(H2,18,21). The molecule has 4 N–H and O–H groups in total. The molecule has 0 spiro atoms. The molecule has 2 heterocycles. The molecule has 1 aromatic rings. The number of nitrogen functional groups attached to an aromatic ring is 1. The first-order valence-electron chi connectivity index (χ1n) is 7.71. The minimum absolute atomic E-state index is 0.403. The number of fused-ring (bicyclic) bond motifs is 1. The van der Waals surface area contributed by atoms with E-state index < -0.39 is 5.91 Å². The van der Waals surface area contributed by atoms with E-state index in [1.165, 1.54) is 19.4 Å². The molecule has 2 fully saturated rings. The lowest BCUT2D eigenvalue weighted by molar-refractivity contribution is 0.0991.